The molecule has 0 unspecified atom stereocenters. The van der Waals surface area contributed by atoms with Crippen LogP contribution in [0.5, 0.6) is 11.5 Å². The van der Waals surface area contributed by atoms with E-state index in [1.54, 1.807) is 18.2 Å². The van der Waals surface area contributed by atoms with Crippen LogP contribution in [-0.4, -0.2) is 18.1 Å². The van der Waals surface area contributed by atoms with E-state index in [4.69, 9.17) is 21.1 Å². The highest BCUT2D eigenvalue weighted by Crippen LogP contribution is 2.42. The summed E-state index contributed by atoms with van der Waals surface area (Å²) >= 11 is 9.33. The number of amides is 1. The number of benzene rings is 2. The molecule has 0 radical (unpaired) electrons. The number of hydrogen-bond acceptors (Lipinski definition) is 3. The third kappa shape index (κ3) is 4.58. The summed E-state index contributed by atoms with van der Waals surface area (Å²) in [5, 5.41) is 3.72. The van der Waals surface area contributed by atoms with Gasteiger partial charge in [0.25, 0.3) is 5.91 Å². The van der Waals surface area contributed by atoms with Crippen molar-refractivity contribution in [3.8, 4) is 11.5 Å². The summed E-state index contributed by atoms with van der Waals surface area (Å²) in [5.74, 6) is 1.26. The highest BCUT2D eigenvalue weighted by Gasteiger charge is 2.38. The summed E-state index contributed by atoms with van der Waals surface area (Å²) in [6, 6.07) is 13.0. The lowest BCUT2D eigenvalue weighted by atomic mass is 9.83. The van der Waals surface area contributed by atoms with Gasteiger partial charge in [-0.2, -0.15) is 0 Å². The van der Waals surface area contributed by atoms with E-state index in [9.17, 15) is 4.79 Å². The van der Waals surface area contributed by atoms with Crippen LogP contribution in [-0.2, 0) is 4.79 Å². The van der Waals surface area contributed by atoms with Crippen molar-refractivity contribution in [2.45, 2.75) is 44.8 Å². The first-order chi connectivity index (χ1) is 13.0. The lowest BCUT2D eigenvalue weighted by Crippen LogP contribution is -2.45. The Hall–Kier alpha value is -1.72. The van der Waals surface area contributed by atoms with E-state index in [1.807, 2.05) is 24.3 Å². The largest absolute Gasteiger partial charge is 0.487 e. The smallest absolute Gasteiger partial charge is 0.258 e. The third-order valence-corrected chi connectivity index (χ3v) is 5.93. The molecule has 144 valence electrons. The molecule has 3 rings (SSSR count). The van der Waals surface area contributed by atoms with Crippen molar-refractivity contribution in [3.05, 3.63) is 57.5 Å². The molecule has 0 aliphatic carbocycles. The van der Waals surface area contributed by atoms with Gasteiger partial charge in [-0.25, -0.2) is 0 Å². The maximum atomic E-state index is 12.5. The van der Waals surface area contributed by atoms with E-state index < -0.39 is 0 Å². The number of carbonyl (C=O) groups excluding carboxylic acids is 1. The molecule has 1 N–H and O–H groups in total. The van der Waals surface area contributed by atoms with E-state index in [2.05, 4.69) is 35.1 Å². The summed E-state index contributed by atoms with van der Waals surface area (Å²) in [7, 11) is 0. The van der Waals surface area contributed by atoms with Gasteiger partial charge >= 0.3 is 0 Å². The van der Waals surface area contributed by atoms with Crippen LogP contribution in [0, 0.1) is 0 Å². The fourth-order valence-electron chi connectivity index (χ4n) is 3.40. The SMILES string of the molecule is CCC1(CC)C[C@H](NC(=O)COc2ccc(Cl)cc2Br)c2ccccc2O1. The van der Waals surface area contributed by atoms with Crippen molar-refractivity contribution in [2.75, 3.05) is 6.61 Å². The average molecular weight is 453 g/mol. The zero-order chi connectivity index (χ0) is 19.4. The number of nitrogens with one attached hydrogen (secondary N) is 1. The summed E-state index contributed by atoms with van der Waals surface area (Å²) in [6.45, 7) is 4.18. The van der Waals surface area contributed by atoms with Gasteiger partial charge in [0.15, 0.2) is 6.61 Å². The van der Waals surface area contributed by atoms with E-state index in [1.165, 1.54) is 0 Å². The predicted molar refractivity (Wildman–Crippen MR) is 111 cm³/mol. The fraction of sp³-hybridized carbons (Fsp3) is 0.381. The second-order valence-electron chi connectivity index (χ2n) is 6.72. The van der Waals surface area contributed by atoms with Gasteiger partial charge in [0, 0.05) is 17.0 Å². The summed E-state index contributed by atoms with van der Waals surface area (Å²) in [4.78, 5) is 12.5. The predicted octanol–water partition coefficient (Wildman–Crippen LogP) is 5.68. The van der Waals surface area contributed by atoms with E-state index in [-0.39, 0.29) is 24.2 Å². The maximum absolute atomic E-state index is 12.5. The number of para-hydroxylation sites is 1. The molecule has 1 aliphatic heterocycles. The third-order valence-electron chi connectivity index (χ3n) is 5.07. The molecule has 0 saturated carbocycles. The van der Waals surface area contributed by atoms with Gasteiger partial charge in [0.1, 0.15) is 17.1 Å². The van der Waals surface area contributed by atoms with Crippen molar-refractivity contribution in [1.29, 1.82) is 0 Å². The minimum Gasteiger partial charge on any atom is -0.487 e. The number of hydrogen-bond donors (Lipinski definition) is 1. The Morgan fingerprint density at radius 3 is 2.74 bits per heavy atom. The lowest BCUT2D eigenvalue weighted by Gasteiger charge is -2.41. The van der Waals surface area contributed by atoms with Crippen LogP contribution in [0.2, 0.25) is 5.02 Å². The van der Waals surface area contributed by atoms with Crippen LogP contribution in [0.25, 0.3) is 0 Å². The van der Waals surface area contributed by atoms with E-state index >= 15 is 0 Å². The summed E-state index contributed by atoms with van der Waals surface area (Å²) in [5.41, 5.74) is 0.753. The van der Waals surface area contributed by atoms with E-state index in [0.717, 1.165) is 35.0 Å². The van der Waals surface area contributed by atoms with Crippen molar-refractivity contribution in [1.82, 2.24) is 5.32 Å². The molecular weight excluding hydrogens is 430 g/mol. The molecule has 2 aromatic carbocycles. The second-order valence-corrected chi connectivity index (χ2v) is 8.01. The zero-order valence-corrected chi connectivity index (χ0v) is 17.8. The Kier molecular flexibility index (Phi) is 6.33. The zero-order valence-electron chi connectivity index (χ0n) is 15.4. The van der Waals surface area contributed by atoms with Gasteiger partial charge in [-0.15, -0.1) is 0 Å². The van der Waals surface area contributed by atoms with Crippen LogP contribution in [0.1, 0.15) is 44.7 Å². The molecule has 6 heteroatoms. The number of rotatable bonds is 6. The fourth-order valence-corrected chi connectivity index (χ4v) is 4.20. The Morgan fingerprint density at radius 2 is 2.04 bits per heavy atom. The van der Waals surface area contributed by atoms with Gasteiger partial charge in [-0.3, -0.25) is 4.79 Å². The molecule has 4 nitrogen and oxygen atoms in total. The molecule has 0 saturated heterocycles. The second kappa shape index (κ2) is 8.53. The molecule has 27 heavy (non-hydrogen) atoms. The lowest BCUT2D eigenvalue weighted by molar-refractivity contribution is -0.124. The first kappa shape index (κ1) is 20.0. The Labute approximate surface area is 173 Å². The molecule has 1 atom stereocenters. The molecule has 1 heterocycles. The molecule has 2 aromatic rings. The van der Waals surface area contributed by atoms with Crippen LogP contribution < -0.4 is 14.8 Å². The molecule has 0 fully saturated rings. The normalized spacial score (nSPS) is 17.6. The Balaban J connectivity index is 1.70. The average Bonchev–Trinajstić information content (AvgIpc) is 2.67. The summed E-state index contributed by atoms with van der Waals surface area (Å²) in [6.07, 6.45) is 2.52. The molecule has 1 aliphatic rings. The van der Waals surface area contributed by atoms with Gasteiger partial charge in [-0.1, -0.05) is 43.6 Å². The van der Waals surface area contributed by atoms with Crippen molar-refractivity contribution in [2.24, 2.45) is 0 Å². The Bertz CT molecular complexity index is 823. The number of fused-ring (bicyclic) bond motifs is 1. The van der Waals surface area contributed by atoms with Gasteiger partial charge < -0.3 is 14.8 Å². The summed E-state index contributed by atoms with van der Waals surface area (Å²) < 4.78 is 12.6. The minimum absolute atomic E-state index is 0.0645. The van der Waals surface area contributed by atoms with Gasteiger partial charge in [0.2, 0.25) is 0 Å². The highest BCUT2D eigenvalue weighted by atomic mass is 79.9. The topological polar surface area (TPSA) is 47.6 Å². The molecular formula is C21H23BrClNO3. The van der Waals surface area contributed by atoms with Gasteiger partial charge in [0.05, 0.1) is 10.5 Å². The first-order valence-electron chi connectivity index (χ1n) is 9.11. The van der Waals surface area contributed by atoms with Crippen LogP contribution in [0.15, 0.2) is 46.9 Å². The Morgan fingerprint density at radius 1 is 1.30 bits per heavy atom. The molecule has 0 bridgehead atoms. The maximum Gasteiger partial charge on any atom is 0.258 e. The van der Waals surface area contributed by atoms with Crippen molar-refractivity contribution in [3.63, 3.8) is 0 Å². The van der Waals surface area contributed by atoms with Crippen molar-refractivity contribution < 1.29 is 14.3 Å². The molecule has 1 amide bonds. The number of ether oxygens (including phenoxy) is 2. The monoisotopic (exact) mass is 451 g/mol. The van der Waals surface area contributed by atoms with Gasteiger partial charge in [-0.05, 0) is 53.0 Å². The molecule has 0 aromatic heterocycles. The standard InChI is InChI=1S/C21H23BrClNO3/c1-3-21(4-2)12-17(15-7-5-6-8-18(15)27-21)24-20(25)13-26-19-10-9-14(23)11-16(19)22/h5-11,17H,3-4,12-13H2,1-2H3,(H,24,25)/t17-/m0/s1. The van der Waals surface area contributed by atoms with Crippen LogP contribution >= 0.6 is 27.5 Å². The number of halogens is 2. The highest BCUT2D eigenvalue weighted by molar-refractivity contribution is 9.10. The van der Waals surface area contributed by atoms with Crippen molar-refractivity contribution >= 4 is 33.4 Å². The van der Waals surface area contributed by atoms with E-state index in [0.29, 0.717) is 10.8 Å². The van der Waals surface area contributed by atoms with Crippen LogP contribution in [0.4, 0.5) is 0 Å². The quantitative estimate of drug-likeness (QED) is 0.613. The minimum atomic E-state index is -0.258. The number of carbonyl (C=O) groups is 1. The first-order valence-corrected chi connectivity index (χ1v) is 10.3. The van der Waals surface area contributed by atoms with Crippen LogP contribution in [0.3, 0.4) is 0 Å². The molecule has 0 spiro atoms.